The lowest BCUT2D eigenvalue weighted by Crippen LogP contribution is -2.30. The average Bonchev–Trinajstić information content (AvgIpc) is 3.19. The van der Waals surface area contributed by atoms with Crippen molar-refractivity contribution in [2.45, 2.75) is 83.8 Å². The van der Waals surface area contributed by atoms with E-state index in [0.717, 1.165) is 26.1 Å². The maximum atomic E-state index is 10.8. The smallest absolute Gasteiger partial charge is 0.306 e. The van der Waals surface area contributed by atoms with Crippen LogP contribution in [-0.4, -0.2) is 36.5 Å². The molecule has 0 aromatic carbocycles. The number of carbonyl (C=O) groups is 1. The number of hydrogen-bond acceptors (Lipinski definition) is 3. The van der Waals surface area contributed by atoms with Crippen molar-refractivity contribution in [3.63, 3.8) is 0 Å². The molecule has 1 N–H and O–H groups in total. The summed E-state index contributed by atoms with van der Waals surface area (Å²) in [5.74, 6) is 0.144. The van der Waals surface area contributed by atoms with Crippen LogP contribution in [0.3, 0.4) is 0 Å². The fourth-order valence-electron chi connectivity index (χ4n) is 4.12. The van der Waals surface area contributed by atoms with E-state index in [1.165, 1.54) is 38.5 Å². The van der Waals surface area contributed by atoms with Gasteiger partial charge in [-0.3, -0.25) is 4.79 Å². The summed E-state index contributed by atoms with van der Waals surface area (Å²) in [7, 11) is 0. The van der Waals surface area contributed by atoms with Crippen molar-refractivity contribution in [1.82, 2.24) is 0 Å². The molecule has 2 bridgehead atoms. The molecule has 5 atom stereocenters. The summed E-state index contributed by atoms with van der Waals surface area (Å²) in [6, 6.07) is 0. The first-order valence-electron chi connectivity index (χ1n) is 10.2. The third kappa shape index (κ3) is 6.41. The van der Waals surface area contributed by atoms with Crippen LogP contribution in [0.15, 0.2) is 12.2 Å². The van der Waals surface area contributed by atoms with E-state index in [2.05, 4.69) is 19.1 Å². The normalized spacial score (nSPS) is 29.5. The highest BCUT2D eigenvalue weighted by Gasteiger charge is 2.48. The topological polar surface area (TPSA) is 55.8 Å². The molecule has 144 valence electrons. The number of aliphatic carboxylic acids is 1. The van der Waals surface area contributed by atoms with Gasteiger partial charge in [-0.1, -0.05) is 45.3 Å². The average molecular weight is 353 g/mol. The summed E-state index contributed by atoms with van der Waals surface area (Å²) >= 11 is 0. The summed E-state index contributed by atoms with van der Waals surface area (Å²) in [5.41, 5.74) is 0. The molecule has 25 heavy (non-hydrogen) atoms. The first-order valence-corrected chi connectivity index (χ1v) is 10.2. The van der Waals surface area contributed by atoms with Crippen molar-refractivity contribution in [3.05, 3.63) is 12.2 Å². The second kappa shape index (κ2) is 11.0. The Bertz CT molecular complexity index is 420. The zero-order valence-electron chi connectivity index (χ0n) is 16.0. The molecule has 2 aliphatic heterocycles. The minimum Gasteiger partial charge on any atom is -0.481 e. The van der Waals surface area contributed by atoms with E-state index in [1.54, 1.807) is 6.92 Å². The Morgan fingerprint density at radius 3 is 2.68 bits per heavy atom. The highest BCUT2D eigenvalue weighted by atomic mass is 16.5. The molecule has 0 aromatic heterocycles. The number of ether oxygens (including phenoxy) is 2. The van der Waals surface area contributed by atoms with Crippen LogP contribution in [-0.2, 0) is 14.3 Å². The van der Waals surface area contributed by atoms with Crippen molar-refractivity contribution >= 4 is 5.97 Å². The highest BCUT2D eigenvalue weighted by molar-refractivity contribution is 5.69. The molecule has 2 fully saturated rings. The van der Waals surface area contributed by atoms with E-state index in [0.29, 0.717) is 30.5 Å². The van der Waals surface area contributed by atoms with Gasteiger partial charge in [0, 0.05) is 12.5 Å². The van der Waals surface area contributed by atoms with Crippen LogP contribution in [0.1, 0.15) is 71.6 Å². The van der Waals surface area contributed by atoms with E-state index in [9.17, 15) is 4.79 Å². The van der Waals surface area contributed by atoms with E-state index in [1.807, 2.05) is 0 Å². The number of carboxylic acids is 1. The summed E-state index contributed by atoms with van der Waals surface area (Å²) < 4.78 is 12.1. The molecule has 4 nitrogen and oxygen atoms in total. The minimum absolute atomic E-state index is 0.260. The van der Waals surface area contributed by atoms with Crippen molar-refractivity contribution in [2.24, 2.45) is 17.8 Å². The van der Waals surface area contributed by atoms with Gasteiger partial charge in [0.05, 0.1) is 24.7 Å². The summed E-state index contributed by atoms with van der Waals surface area (Å²) in [5, 5.41) is 8.91. The third-order valence-electron chi connectivity index (χ3n) is 5.81. The fourth-order valence-corrected chi connectivity index (χ4v) is 4.12. The zero-order valence-corrected chi connectivity index (χ0v) is 16.0. The Morgan fingerprint density at radius 1 is 1.20 bits per heavy atom. The Hall–Kier alpha value is -0.870. The Labute approximate surface area is 153 Å². The molecular formula is C21H36O4. The Kier molecular flexibility index (Phi) is 8.97. The molecule has 2 aliphatic rings. The van der Waals surface area contributed by atoms with Crippen LogP contribution < -0.4 is 0 Å². The van der Waals surface area contributed by atoms with Gasteiger partial charge in [0.25, 0.3) is 0 Å². The maximum absolute atomic E-state index is 10.8. The monoisotopic (exact) mass is 352 g/mol. The molecular weight excluding hydrogens is 316 g/mol. The van der Waals surface area contributed by atoms with Gasteiger partial charge in [0.15, 0.2) is 0 Å². The van der Waals surface area contributed by atoms with E-state index >= 15 is 0 Å². The van der Waals surface area contributed by atoms with Gasteiger partial charge < -0.3 is 14.6 Å². The van der Waals surface area contributed by atoms with Crippen LogP contribution in [0, 0.1) is 17.8 Å². The molecule has 0 amide bonds. The standard InChI is InChI=1S/C21H36O4/c1-3-4-5-9-14-24-15-18-17(19-12-13-20(18)25-19)11-8-6-7-10-16(2)21(22)23/h6,8,16-20H,3-5,7,9-15H2,1-2H3,(H,22,23)/b8-6-/t16-,17?,18-,19+,20-/m1/s1. The molecule has 0 saturated carbocycles. The van der Waals surface area contributed by atoms with Crippen molar-refractivity contribution < 1.29 is 19.4 Å². The second-order valence-electron chi connectivity index (χ2n) is 7.78. The molecule has 0 spiro atoms. The van der Waals surface area contributed by atoms with Gasteiger partial charge in [-0.25, -0.2) is 0 Å². The first-order chi connectivity index (χ1) is 12.1. The molecule has 0 radical (unpaired) electrons. The number of carboxylic acid groups (broad SMARTS) is 1. The molecule has 2 heterocycles. The number of allylic oxidation sites excluding steroid dienone is 2. The van der Waals surface area contributed by atoms with Gasteiger partial charge in [0.1, 0.15) is 0 Å². The number of rotatable bonds is 13. The third-order valence-corrected chi connectivity index (χ3v) is 5.81. The van der Waals surface area contributed by atoms with Crippen molar-refractivity contribution in [1.29, 1.82) is 0 Å². The largest absolute Gasteiger partial charge is 0.481 e. The van der Waals surface area contributed by atoms with Gasteiger partial charge in [0.2, 0.25) is 0 Å². The quantitative estimate of drug-likeness (QED) is 0.381. The number of hydrogen-bond donors (Lipinski definition) is 1. The van der Waals surface area contributed by atoms with Crippen LogP contribution in [0.25, 0.3) is 0 Å². The predicted octanol–water partition coefficient (Wildman–Crippen LogP) is 4.82. The number of unbranched alkanes of at least 4 members (excludes halogenated alkanes) is 3. The second-order valence-corrected chi connectivity index (χ2v) is 7.78. The first kappa shape index (κ1) is 20.4. The predicted molar refractivity (Wildman–Crippen MR) is 99.6 cm³/mol. The van der Waals surface area contributed by atoms with Crippen LogP contribution >= 0.6 is 0 Å². The maximum Gasteiger partial charge on any atom is 0.306 e. The molecule has 2 rings (SSSR count). The van der Waals surface area contributed by atoms with Crippen molar-refractivity contribution in [3.8, 4) is 0 Å². The van der Waals surface area contributed by atoms with Crippen molar-refractivity contribution in [2.75, 3.05) is 13.2 Å². The minimum atomic E-state index is -0.703. The Morgan fingerprint density at radius 2 is 1.96 bits per heavy atom. The molecule has 0 aromatic rings. The lowest BCUT2D eigenvalue weighted by molar-refractivity contribution is -0.141. The molecule has 4 heteroatoms. The zero-order chi connectivity index (χ0) is 18.1. The highest BCUT2D eigenvalue weighted by Crippen LogP contribution is 2.45. The molecule has 2 saturated heterocycles. The SMILES string of the molecule is CCCCCCOC[C@@H]1C(C/C=C\CC[C@@H](C)C(=O)O)[C@@H]2CC[C@H]1O2. The van der Waals surface area contributed by atoms with Gasteiger partial charge >= 0.3 is 5.97 Å². The number of fused-ring (bicyclic) bond motifs is 2. The lowest BCUT2D eigenvalue weighted by Gasteiger charge is -2.27. The lowest BCUT2D eigenvalue weighted by atomic mass is 9.78. The molecule has 1 unspecified atom stereocenters. The van der Waals surface area contributed by atoms with Crippen LogP contribution in [0.5, 0.6) is 0 Å². The van der Waals surface area contributed by atoms with Gasteiger partial charge in [-0.2, -0.15) is 0 Å². The summed E-state index contributed by atoms with van der Waals surface area (Å²) in [6.07, 6.45) is 15.1. The Balaban J connectivity index is 1.67. The molecule has 0 aliphatic carbocycles. The van der Waals surface area contributed by atoms with E-state index in [-0.39, 0.29) is 5.92 Å². The summed E-state index contributed by atoms with van der Waals surface area (Å²) in [6.45, 7) is 5.72. The van der Waals surface area contributed by atoms with Gasteiger partial charge in [-0.05, 0) is 44.4 Å². The van der Waals surface area contributed by atoms with Crippen LogP contribution in [0.4, 0.5) is 0 Å². The van der Waals surface area contributed by atoms with E-state index < -0.39 is 5.97 Å². The summed E-state index contributed by atoms with van der Waals surface area (Å²) in [4.78, 5) is 10.8. The van der Waals surface area contributed by atoms with Gasteiger partial charge in [-0.15, -0.1) is 0 Å². The van der Waals surface area contributed by atoms with E-state index in [4.69, 9.17) is 14.6 Å². The van der Waals surface area contributed by atoms with Crippen LogP contribution in [0.2, 0.25) is 0 Å². The fraction of sp³-hybridized carbons (Fsp3) is 0.857.